The first-order valence-corrected chi connectivity index (χ1v) is 8.93. The van der Waals surface area contributed by atoms with Crippen molar-refractivity contribution in [2.24, 2.45) is 5.92 Å². The predicted molar refractivity (Wildman–Crippen MR) is 95.3 cm³/mol. The number of carbonyl (C=O) groups excluding carboxylic acids is 1. The summed E-state index contributed by atoms with van der Waals surface area (Å²) >= 11 is 0. The molecule has 0 N–H and O–H groups in total. The standard InChI is InChI=1S/C20H27NO3/c1-23-17-11-9-16(19(14-17)24-2)10-12-20(22)21-13-5-7-15-6-3-4-8-18(15)21/h9-12,14-15,18H,3-8,13H2,1-2H3/b12-10+. The third-order valence-electron chi connectivity index (χ3n) is 5.37. The molecule has 4 nitrogen and oxygen atoms in total. The van der Waals surface area contributed by atoms with Crippen LogP contribution in [-0.2, 0) is 4.79 Å². The van der Waals surface area contributed by atoms with Gasteiger partial charge in [-0.25, -0.2) is 0 Å². The molecule has 0 radical (unpaired) electrons. The van der Waals surface area contributed by atoms with Crippen LogP contribution in [0.25, 0.3) is 6.08 Å². The zero-order valence-corrected chi connectivity index (χ0v) is 14.7. The molecule has 24 heavy (non-hydrogen) atoms. The van der Waals surface area contributed by atoms with Gasteiger partial charge in [-0.1, -0.05) is 12.8 Å². The summed E-state index contributed by atoms with van der Waals surface area (Å²) in [6, 6.07) is 6.08. The zero-order chi connectivity index (χ0) is 16.9. The van der Waals surface area contributed by atoms with Crippen LogP contribution in [0.5, 0.6) is 11.5 Å². The van der Waals surface area contributed by atoms with Gasteiger partial charge in [0.1, 0.15) is 11.5 Å². The van der Waals surface area contributed by atoms with Crippen molar-refractivity contribution in [3.8, 4) is 11.5 Å². The third-order valence-corrected chi connectivity index (χ3v) is 5.37. The summed E-state index contributed by atoms with van der Waals surface area (Å²) in [6.07, 6.45) is 11.0. The number of hydrogen-bond donors (Lipinski definition) is 0. The molecular weight excluding hydrogens is 302 g/mol. The number of carbonyl (C=O) groups is 1. The number of methoxy groups -OCH3 is 2. The molecule has 2 atom stereocenters. The first kappa shape index (κ1) is 16.9. The monoisotopic (exact) mass is 329 g/mol. The summed E-state index contributed by atoms with van der Waals surface area (Å²) in [5.41, 5.74) is 0.892. The largest absolute Gasteiger partial charge is 0.497 e. The van der Waals surface area contributed by atoms with Gasteiger partial charge in [-0.05, 0) is 49.8 Å². The van der Waals surface area contributed by atoms with Gasteiger partial charge in [0, 0.05) is 30.3 Å². The lowest BCUT2D eigenvalue weighted by atomic mass is 9.78. The van der Waals surface area contributed by atoms with Gasteiger partial charge in [-0.2, -0.15) is 0 Å². The van der Waals surface area contributed by atoms with E-state index in [4.69, 9.17) is 9.47 Å². The minimum absolute atomic E-state index is 0.129. The number of fused-ring (bicyclic) bond motifs is 1. The SMILES string of the molecule is COc1ccc(/C=C/C(=O)N2CCCC3CCCCC32)c(OC)c1. The average molecular weight is 329 g/mol. The fourth-order valence-corrected chi connectivity index (χ4v) is 4.11. The van der Waals surface area contributed by atoms with Crippen molar-refractivity contribution < 1.29 is 14.3 Å². The van der Waals surface area contributed by atoms with Gasteiger partial charge in [0.15, 0.2) is 0 Å². The zero-order valence-electron chi connectivity index (χ0n) is 14.7. The second-order valence-corrected chi connectivity index (χ2v) is 6.73. The third kappa shape index (κ3) is 3.58. The number of piperidine rings is 1. The van der Waals surface area contributed by atoms with Gasteiger partial charge < -0.3 is 14.4 Å². The first-order valence-electron chi connectivity index (χ1n) is 8.93. The molecule has 0 bridgehead atoms. The quantitative estimate of drug-likeness (QED) is 0.787. The molecule has 1 heterocycles. The number of likely N-dealkylation sites (tertiary alicyclic amines) is 1. The Morgan fingerprint density at radius 2 is 1.92 bits per heavy atom. The Hall–Kier alpha value is -1.97. The lowest BCUT2D eigenvalue weighted by Gasteiger charge is -2.43. The normalized spacial score (nSPS) is 23.8. The number of amides is 1. The van der Waals surface area contributed by atoms with Crippen LogP contribution in [0.1, 0.15) is 44.1 Å². The van der Waals surface area contributed by atoms with E-state index in [2.05, 4.69) is 4.90 Å². The summed E-state index contributed by atoms with van der Waals surface area (Å²) in [5, 5.41) is 0. The van der Waals surface area contributed by atoms with Crippen molar-refractivity contribution in [1.82, 2.24) is 4.90 Å². The minimum atomic E-state index is 0.129. The van der Waals surface area contributed by atoms with Gasteiger partial charge in [0.2, 0.25) is 5.91 Å². The van der Waals surface area contributed by atoms with Crippen molar-refractivity contribution >= 4 is 12.0 Å². The van der Waals surface area contributed by atoms with Crippen molar-refractivity contribution in [2.45, 2.75) is 44.6 Å². The molecule has 130 valence electrons. The summed E-state index contributed by atoms with van der Waals surface area (Å²) in [7, 11) is 3.26. The van der Waals surface area contributed by atoms with E-state index in [9.17, 15) is 4.79 Å². The van der Waals surface area contributed by atoms with Crippen LogP contribution < -0.4 is 9.47 Å². The van der Waals surface area contributed by atoms with E-state index >= 15 is 0 Å². The summed E-state index contributed by atoms with van der Waals surface area (Å²) < 4.78 is 10.6. The van der Waals surface area contributed by atoms with Crippen LogP contribution >= 0.6 is 0 Å². The Morgan fingerprint density at radius 1 is 1.12 bits per heavy atom. The molecule has 1 aromatic rings. The van der Waals surface area contributed by atoms with E-state index in [0.717, 1.165) is 30.7 Å². The van der Waals surface area contributed by atoms with E-state index in [0.29, 0.717) is 17.7 Å². The Balaban J connectivity index is 1.73. The molecule has 2 aliphatic rings. The molecule has 1 aromatic carbocycles. The molecule has 4 heteroatoms. The summed E-state index contributed by atoms with van der Waals surface area (Å²) in [4.78, 5) is 14.8. The second kappa shape index (κ2) is 7.73. The maximum absolute atomic E-state index is 12.7. The maximum Gasteiger partial charge on any atom is 0.246 e. The molecule has 1 saturated heterocycles. The van der Waals surface area contributed by atoms with E-state index < -0.39 is 0 Å². The van der Waals surface area contributed by atoms with Gasteiger partial charge in [0.05, 0.1) is 14.2 Å². The fourth-order valence-electron chi connectivity index (χ4n) is 4.11. The average Bonchev–Trinajstić information content (AvgIpc) is 2.65. The fraction of sp³-hybridized carbons (Fsp3) is 0.550. The Kier molecular flexibility index (Phi) is 5.44. The van der Waals surface area contributed by atoms with Crippen molar-refractivity contribution in [2.75, 3.05) is 20.8 Å². The van der Waals surface area contributed by atoms with E-state index in [1.165, 1.54) is 25.7 Å². The molecule has 1 amide bonds. The number of hydrogen-bond acceptors (Lipinski definition) is 3. The Morgan fingerprint density at radius 3 is 2.71 bits per heavy atom. The number of rotatable bonds is 4. The number of nitrogens with zero attached hydrogens (tertiary/aromatic N) is 1. The number of benzene rings is 1. The Labute approximate surface area is 144 Å². The lowest BCUT2D eigenvalue weighted by Crippen LogP contribution is -2.49. The molecule has 2 fully saturated rings. The van der Waals surface area contributed by atoms with Crippen molar-refractivity contribution in [3.05, 3.63) is 29.8 Å². The molecule has 1 aliphatic heterocycles. The van der Waals surface area contributed by atoms with Crippen LogP contribution in [0.2, 0.25) is 0 Å². The smallest absolute Gasteiger partial charge is 0.246 e. The van der Waals surface area contributed by atoms with Crippen molar-refractivity contribution in [3.63, 3.8) is 0 Å². The highest BCUT2D eigenvalue weighted by Crippen LogP contribution is 2.35. The highest BCUT2D eigenvalue weighted by atomic mass is 16.5. The Bertz CT molecular complexity index is 609. The van der Waals surface area contributed by atoms with Crippen LogP contribution in [0.4, 0.5) is 0 Å². The molecule has 2 unspecified atom stereocenters. The summed E-state index contributed by atoms with van der Waals surface area (Å²) in [5.74, 6) is 2.30. The van der Waals surface area contributed by atoms with Gasteiger partial charge in [0.25, 0.3) is 0 Å². The van der Waals surface area contributed by atoms with Crippen LogP contribution in [0.3, 0.4) is 0 Å². The molecule has 0 aromatic heterocycles. The molecule has 1 saturated carbocycles. The van der Waals surface area contributed by atoms with Gasteiger partial charge in [-0.3, -0.25) is 4.79 Å². The van der Waals surface area contributed by atoms with E-state index in [-0.39, 0.29) is 5.91 Å². The second-order valence-electron chi connectivity index (χ2n) is 6.73. The highest BCUT2D eigenvalue weighted by molar-refractivity contribution is 5.92. The first-order chi connectivity index (χ1) is 11.7. The molecule has 3 rings (SSSR count). The van der Waals surface area contributed by atoms with Crippen molar-refractivity contribution in [1.29, 1.82) is 0 Å². The van der Waals surface area contributed by atoms with Crippen LogP contribution in [0, 0.1) is 5.92 Å². The van der Waals surface area contributed by atoms with Crippen LogP contribution in [-0.4, -0.2) is 37.6 Å². The maximum atomic E-state index is 12.7. The molecule has 0 spiro atoms. The predicted octanol–water partition coefficient (Wildman–Crippen LogP) is 3.90. The van der Waals surface area contributed by atoms with Gasteiger partial charge in [-0.15, -0.1) is 0 Å². The highest BCUT2D eigenvalue weighted by Gasteiger charge is 2.34. The van der Waals surface area contributed by atoms with Gasteiger partial charge >= 0.3 is 0 Å². The number of ether oxygens (including phenoxy) is 2. The van der Waals surface area contributed by atoms with Crippen LogP contribution in [0.15, 0.2) is 24.3 Å². The van der Waals surface area contributed by atoms with E-state index in [1.807, 2.05) is 24.3 Å². The lowest BCUT2D eigenvalue weighted by molar-refractivity contribution is -0.132. The molecule has 1 aliphatic carbocycles. The molecular formula is C20H27NO3. The summed E-state index contributed by atoms with van der Waals surface area (Å²) in [6.45, 7) is 0.893. The van der Waals surface area contributed by atoms with E-state index in [1.54, 1.807) is 20.3 Å². The minimum Gasteiger partial charge on any atom is -0.497 e. The topological polar surface area (TPSA) is 38.8 Å².